The minimum atomic E-state index is -1.07. The molecule has 0 aromatic heterocycles. The molecule has 1 saturated heterocycles. The van der Waals surface area contributed by atoms with Gasteiger partial charge >= 0.3 is 12.2 Å². The molecular formula is C45H54N4O7S. The first-order chi connectivity index (χ1) is 27.3. The van der Waals surface area contributed by atoms with Crippen LogP contribution in [0.15, 0.2) is 78.9 Å². The highest BCUT2D eigenvalue weighted by molar-refractivity contribution is 8.17. The van der Waals surface area contributed by atoms with Crippen LogP contribution in [0.4, 0.5) is 9.59 Å². The summed E-state index contributed by atoms with van der Waals surface area (Å²) in [5.41, 5.74) is 4.50. The summed E-state index contributed by atoms with van der Waals surface area (Å²) in [4.78, 5) is 67.2. The number of Topliss-reactive ketones (excluding diaryl/α,β-unsaturated/α-hetero) is 1. The van der Waals surface area contributed by atoms with Crippen molar-refractivity contribution >= 4 is 45.1 Å². The third-order valence-corrected chi connectivity index (χ3v) is 12.3. The number of hydrogen-bond acceptors (Lipinski definition) is 7. The van der Waals surface area contributed by atoms with Gasteiger partial charge in [0.1, 0.15) is 24.3 Å². The summed E-state index contributed by atoms with van der Waals surface area (Å²) in [5.74, 6) is 2.74. The van der Waals surface area contributed by atoms with Gasteiger partial charge in [0.15, 0.2) is 5.78 Å². The molecule has 0 spiro atoms. The molecule has 3 aromatic rings. The van der Waals surface area contributed by atoms with E-state index >= 15 is 0 Å². The smallest absolute Gasteiger partial charge is 0.407 e. The normalized spacial score (nSPS) is 15.1. The lowest BCUT2D eigenvalue weighted by Gasteiger charge is -2.24. The van der Waals surface area contributed by atoms with Gasteiger partial charge in [0.05, 0.1) is 10.9 Å². The van der Waals surface area contributed by atoms with Gasteiger partial charge in [-0.2, -0.15) is 10.5 Å². The van der Waals surface area contributed by atoms with E-state index in [2.05, 4.69) is 27.2 Å². The molecule has 3 atom stereocenters. The van der Waals surface area contributed by atoms with Gasteiger partial charge in [-0.3, -0.25) is 14.4 Å². The minimum absolute atomic E-state index is 0.0573. The Labute approximate surface area is 338 Å². The Morgan fingerprint density at radius 3 is 2.02 bits per heavy atom. The van der Waals surface area contributed by atoms with Crippen LogP contribution in [0.2, 0.25) is 0 Å². The first kappa shape index (κ1) is 42.7. The average Bonchev–Trinajstić information content (AvgIpc) is 3.83. The number of benzene rings is 3. The van der Waals surface area contributed by atoms with Gasteiger partial charge in [-0.05, 0) is 99.1 Å². The Morgan fingerprint density at radius 2 is 1.40 bits per heavy atom. The molecule has 0 unspecified atom stereocenters. The molecular weight excluding hydrogens is 741 g/mol. The molecule has 4 N–H and O–H groups in total. The number of carbonyl (C=O) groups is 5. The second-order valence-corrected chi connectivity index (χ2v) is 17.6. The van der Waals surface area contributed by atoms with Crippen LogP contribution in [0, 0.1) is 12.3 Å². The van der Waals surface area contributed by atoms with Crippen molar-refractivity contribution in [1.82, 2.24) is 21.3 Å². The van der Waals surface area contributed by atoms with Gasteiger partial charge < -0.3 is 30.7 Å². The van der Waals surface area contributed by atoms with E-state index in [1.165, 1.54) is 6.92 Å². The Morgan fingerprint density at radius 1 is 0.789 bits per heavy atom. The lowest BCUT2D eigenvalue weighted by molar-refractivity contribution is -0.130. The molecule has 1 aliphatic carbocycles. The van der Waals surface area contributed by atoms with Crippen LogP contribution >= 0.6 is 10.5 Å². The van der Waals surface area contributed by atoms with E-state index in [9.17, 15) is 24.0 Å². The molecule has 2 aliphatic rings. The predicted octanol–water partition coefficient (Wildman–Crippen LogP) is 6.26. The van der Waals surface area contributed by atoms with E-state index in [-0.39, 0.29) is 41.6 Å². The maximum atomic E-state index is 13.9. The number of fused-ring (bicyclic) bond motifs is 3. The molecule has 57 heavy (non-hydrogen) atoms. The summed E-state index contributed by atoms with van der Waals surface area (Å²) in [7, 11) is -0.330. The molecule has 11 nitrogen and oxygen atoms in total. The van der Waals surface area contributed by atoms with Crippen LogP contribution in [0.3, 0.4) is 0 Å². The molecule has 12 heteroatoms. The fourth-order valence-corrected chi connectivity index (χ4v) is 9.39. The number of ketones is 1. The van der Waals surface area contributed by atoms with Crippen molar-refractivity contribution in [3.8, 4) is 23.5 Å². The molecule has 3 aromatic carbocycles. The number of carbonyl (C=O) groups excluding carboxylic acids is 5. The van der Waals surface area contributed by atoms with Crippen LogP contribution in [0.1, 0.15) is 82.4 Å². The molecule has 4 amide bonds. The second kappa shape index (κ2) is 20.1. The fourth-order valence-electron chi connectivity index (χ4n) is 7.08. The zero-order valence-electron chi connectivity index (χ0n) is 33.2. The Hall–Kier alpha value is -5.41. The van der Waals surface area contributed by atoms with E-state index in [1.54, 1.807) is 20.8 Å². The first-order valence-electron chi connectivity index (χ1n) is 19.6. The van der Waals surface area contributed by atoms with Crippen LogP contribution in [0.25, 0.3) is 11.1 Å². The number of alkyl carbamates (subject to hydrolysis) is 2. The highest BCUT2D eigenvalue weighted by Gasteiger charge is 2.32. The van der Waals surface area contributed by atoms with Crippen molar-refractivity contribution in [2.24, 2.45) is 0 Å². The summed E-state index contributed by atoms with van der Waals surface area (Å²) in [6, 6.07) is 22.3. The maximum Gasteiger partial charge on any atom is 0.407 e. The molecule has 1 fully saturated rings. The molecule has 5 rings (SSSR count). The molecule has 0 saturated carbocycles. The van der Waals surface area contributed by atoms with Crippen molar-refractivity contribution in [1.29, 1.82) is 0 Å². The van der Waals surface area contributed by atoms with Gasteiger partial charge in [0.25, 0.3) is 0 Å². The van der Waals surface area contributed by atoms with Crippen LogP contribution in [-0.2, 0) is 30.3 Å². The van der Waals surface area contributed by atoms with Gasteiger partial charge in [-0.25, -0.2) is 9.59 Å². The molecule has 302 valence electrons. The summed E-state index contributed by atoms with van der Waals surface area (Å²) in [6.45, 7) is 7.20. The van der Waals surface area contributed by atoms with Gasteiger partial charge in [-0.1, -0.05) is 84.8 Å². The maximum absolute atomic E-state index is 13.9. The lowest BCUT2D eigenvalue weighted by atomic mass is 9.98. The topological polar surface area (TPSA) is 152 Å². The van der Waals surface area contributed by atoms with E-state index in [4.69, 9.17) is 15.9 Å². The first-order valence-corrected chi connectivity index (χ1v) is 21.2. The summed E-state index contributed by atoms with van der Waals surface area (Å²) >= 11 is 0. The highest BCUT2D eigenvalue weighted by atomic mass is 32.2. The fraction of sp³-hybridized carbons (Fsp3) is 0.422. The lowest BCUT2D eigenvalue weighted by Crippen LogP contribution is -2.55. The third-order valence-electron chi connectivity index (χ3n) is 9.88. The predicted molar refractivity (Wildman–Crippen MR) is 225 cm³/mol. The zero-order valence-corrected chi connectivity index (χ0v) is 34.0. The van der Waals surface area contributed by atoms with E-state index < -0.39 is 47.7 Å². The molecule has 1 aliphatic heterocycles. The Bertz CT molecular complexity index is 1950. The van der Waals surface area contributed by atoms with Crippen LogP contribution < -0.4 is 21.3 Å². The number of rotatable bonds is 16. The number of nitrogens with one attached hydrogen (secondary N) is 4. The summed E-state index contributed by atoms with van der Waals surface area (Å²) in [5, 5.41) is 11.0. The average molecular weight is 795 g/mol. The van der Waals surface area contributed by atoms with E-state index in [1.807, 2.05) is 78.9 Å². The largest absolute Gasteiger partial charge is 0.449 e. The Balaban J connectivity index is 1.24. The third kappa shape index (κ3) is 12.0. The van der Waals surface area contributed by atoms with Crippen molar-refractivity contribution in [2.45, 2.75) is 95.9 Å². The standard InChI is InChI=1S/C45H54N4O7S/c1-6-39(57-26-16-17-27-57)40(50)38(28-31-18-8-7-9-19-31)48-41(51)30(2)47-42(52)37(24-14-15-25-46-43(53)56-45(3,4)5)49-44(54)55-29-36-34-22-12-10-20-32(34)33-21-11-13-23-35(33)36/h1,7-13,18-23,30,36-38H,14-17,24-29H2,2-5H3,(H,46,53)(H,47,52)(H,48,51)(H,49,54)/t30-,37+,38-/m0/s1. The number of terminal acetylenes is 1. The molecule has 0 radical (unpaired) electrons. The Kier molecular flexibility index (Phi) is 15.1. The SMILES string of the molecule is C#CC(C(=O)[C@H](Cc1ccccc1)NC(=O)[C@H](C)NC(=O)[C@@H](CCCCNC(=O)OC(C)(C)C)NC(=O)OCC1c2ccccc2-c2ccccc21)=S1CCCC1. The number of ether oxygens (including phenoxy) is 2. The van der Waals surface area contributed by atoms with E-state index in [0.29, 0.717) is 24.3 Å². The number of unbranched alkanes of at least 4 members (excludes halogenated alkanes) is 1. The minimum Gasteiger partial charge on any atom is -0.449 e. The quantitative estimate of drug-likeness (QED) is 0.0760. The van der Waals surface area contributed by atoms with Gasteiger partial charge in [-0.15, -0.1) is 6.42 Å². The van der Waals surface area contributed by atoms with E-state index in [0.717, 1.165) is 52.2 Å². The number of hydrogen-bond donors (Lipinski definition) is 4. The van der Waals surface area contributed by atoms with Crippen LogP contribution in [0.5, 0.6) is 0 Å². The zero-order chi connectivity index (χ0) is 41.0. The van der Waals surface area contributed by atoms with Gasteiger partial charge in [0.2, 0.25) is 11.8 Å². The highest BCUT2D eigenvalue weighted by Crippen LogP contribution is 2.44. The summed E-state index contributed by atoms with van der Waals surface area (Å²) < 4.78 is 11.0. The second-order valence-electron chi connectivity index (χ2n) is 15.4. The summed E-state index contributed by atoms with van der Waals surface area (Å²) in [6.07, 6.45) is 7.91. The van der Waals surface area contributed by atoms with Crippen molar-refractivity contribution in [2.75, 3.05) is 24.7 Å². The number of amides is 4. The van der Waals surface area contributed by atoms with Gasteiger partial charge in [0, 0.05) is 18.9 Å². The van der Waals surface area contributed by atoms with Crippen molar-refractivity contribution in [3.05, 3.63) is 95.6 Å². The molecule has 1 heterocycles. The van der Waals surface area contributed by atoms with Crippen molar-refractivity contribution in [3.63, 3.8) is 0 Å². The monoisotopic (exact) mass is 794 g/mol. The van der Waals surface area contributed by atoms with Crippen LogP contribution in [-0.4, -0.2) is 83.0 Å². The van der Waals surface area contributed by atoms with Crippen molar-refractivity contribution < 1.29 is 33.4 Å². The molecule has 0 bridgehead atoms.